The van der Waals surface area contributed by atoms with E-state index >= 15 is 0 Å². The first-order valence-corrected chi connectivity index (χ1v) is 11.9. The summed E-state index contributed by atoms with van der Waals surface area (Å²) in [5.74, 6) is 3.19. The molecule has 3 N–H and O–H groups in total. The lowest BCUT2D eigenvalue weighted by atomic mass is 9.48. The minimum Gasteiger partial charge on any atom is -0.508 e. The molecule has 0 radical (unpaired) electrons. The molecule has 3 fully saturated rings. The summed E-state index contributed by atoms with van der Waals surface area (Å²) in [6.07, 6.45) is 9.80. The van der Waals surface area contributed by atoms with Gasteiger partial charge in [0.25, 0.3) is 0 Å². The van der Waals surface area contributed by atoms with Crippen LogP contribution in [0, 0.1) is 29.1 Å². The lowest BCUT2D eigenvalue weighted by Gasteiger charge is -2.60. The molecule has 0 unspecified atom stereocenters. The van der Waals surface area contributed by atoms with Gasteiger partial charge in [-0.3, -0.25) is 0 Å². The lowest BCUT2D eigenvalue weighted by Crippen LogP contribution is -2.62. The Labute approximate surface area is 175 Å². The smallest absolute Gasteiger partial charge is 0.115 e. The summed E-state index contributed by atoms with van der Waals surface area (Å²) in [7, 11) is 0. The van der Waals surface area contributed by atoms with Gasteiger partial charge in [0.05, 0.1) is 11.2 Å². The normalized spacial score (nSPS) is 43.0. The molecule has 0 bridgehead atoms. The van der Waals surface area contributed by atoms with Crippen LogP contribution in [0.4, 0.5) is 0 Å². The van der Waals surface area contributed by atoms with Crippen LogP contribution in [0.3, 0.4) is 0 Å². The number of aliphatic hydroxyl groups is 2. The Morgan fingerprint density at radius 1 is 1.17 bits per heavy atom. The van der Waals surface area contributed by atoms with E-state index < -0.39 is 11.2 Å². The average molecular weight is 399 g/mol. The predicted molar refractivity (Wildman–Crippen MR) is 115 cm³/mol. The first-order chi connectivity index (χ1) is 13.6. The summed E-state index contributed by atoms with van der Waals surface area (Å²) in [6, 6.07) is 6.01. The first-order valence-electron chi connectivity index (χ1n) is 11.9. The number of aryl methyl sites for hydroxylation is 1. The van der Waals surface area contributed by atoms with Crippen molar-refractivity contribution in [3.05, 3.63) is 29.3 Å². The van der Waals surface area contributed by atoms with E-state index in [9.17, 15) is 15.3 Å². The van der Waals surface area contributed by atoms with Gasteiger partial charge in [0.15, 0.2) is 0 Å². The molecule has 1 aromatic carbocycles. The molecule has 0 aromatic heterocycles. The minimum atomic E-state index is -0.601. The highest BCUT2D eigenvalue weighted by Crippen LogP contribution is 2.73. The number of aromatic hydroxyl groups is 1. The zero-order chi connectivity index (χ0) is 20.6. The second-order valence-corrected chi connectivity index (χ2v) is 11.7. The third kappa shape index (κ3) is 2.83. The summed E-state index contributed by atoms with van der Waals surface area (Å²) in [5.41, 5.74) is 1.77. The van der Waals surface area contributed by atoms with Crippen LogP contribution in [0.2, 0.25) is 0 Å². The average Bonchev–Trinajstić information content (AvgIpc) is 2.82. The predicted octanol–water partition coefficient (Wildman–Crippen LogP) is 5.17. The number of hydrogen-bond donors (Lipinski definition) is 3. The molecule has 3 nitrogen and oxygen atoms in total. The van der Waals surface area contributed by atoms with E-state index in [-0.39, 0.29) is 5.41 Å². The zero-order valence-corrected chi connectivity index (χ0v) is 18.3. The molecule has 3 heteroatoms. The Morgan fingerprint density at radius 3 is 2.72 bits per heavy atom. The zero-order valence-electron chi connectivity index (χ0n) is 18.3. The van der Waals surface area contributed by atoms with Gasteiger partial charge in [-0.1, -0.05) is 19.4 Å². The van der Waals surface area contributed by atoms with E-state index in [1.54, 1.807) is 0 Å². The van der Waals surface area contributed by atoms with Gasteiger partial charge in [-0.05, 0) is 123 Å². The number of rotatable bonds is 4. The number of phenolic OH excluding ortho intramolecular Hbond substituents is 1. The number of fused-ring (bicyclic) bond motifs is 7. The molecule has 0 spiro atoms. The second-order valence-electron chi connectivity index (χ2n) is 11.7. The summed E-state index contributed by atoms with van der Waals surface area (Å²) in [6.45, 7) is 6.18. The molecule has 5 rings (SSSR count). The highest BCUT2D eigenvalue weighted by atomic mass is 16.3. The number of benzene rings is 1. The van der Waals surface area contributed by atoms with Gasteiger partial charge < -0.3 is 15.3 Å². The lowest BCUT2D eigenvalue weighted by molar-refractivity contribution is -0.212. The maximum Gasteiger partial charge on any atom is 0.115 e. The first kappa shape index (κ1) is 19.9. The largest absolute Gasteiger partial charge is 0.508 e. The molecule has 7 atom stereocenters. The van der Waals surface area contributed by atoms with E-state index in [2.05, 4.69) is 13.0 Å². The summed E-state index contributed by atoms with van der Waals surface area (Å²) >= 11 is 0. The Kier molecular flexibility index (Phi) is 4.43. The molecular formula is C26H38O3. The van der Waals surface area contributed by atoms with Crippen molar-refractivity contribution in [1.82, 2.24) is 0 Å². The van der Waals surface area contributed by atoms with Crippen molar-refractivity contribution in [3.8, 4) is 5.75 Å². The van der Waals surface area contributed by atoms with Crippen LogP contribution in [0.15, 0.2) is 18.2 Å². The molecule has 29 heavy (non-hydrogen) atoms. The molecule has 0 amide bonds. The number of phenols is 1. The summed E-state index contributed by atoms with van der Waals surface area (Å²) < 4.78 is 0. The molecule has 0 saturated heterocycles. The standard InChI is InChI=1S/C26H38O3/c1-24(2,28)11-4-5-17-14-18-15-23-22-8-6-16-13-19(27)7-9-20(16)21(22)10-12-25(23,3)26(17,18)29/h7,9,13,17-18,21-23,27-29H,4-6,8,10-12,14-15H2,1-3H3/t17-,18+,21+,22+,23-,25-,26-/m0/s1. The highest BCUT2D eigenvalue weighted by Gasteiger charge is 2.72. The molecule has 1 aromatic rings. The van der Waals surface area contributed by atoms with Gasteiger partial charge in [-0.25, -0.2) is 0 Å². The van der Waals surface area contributed by atoms with E-state index in [1.807, 2.05) is 26.0 Å². The molecule has 4 aliphatic rings. The Balaban J connectivity index is 1.36. The fraction of sp³-hybridized carbons (Fsp3) is 0.769. The van der Waals surface area contributed by atoms with Crippen molar-refractivity contribution in [2.45, 2.75) is 95.7 Å². The van der Waals surface area contributed by atoms with Crippen molar-refractivity contribution >= 4 is 0 Å². The van der Waals surface area contributed by atoms with Crippen LogP contribution in [-0.4, -0.2) is 26.5 Å². The van der Waals surface area contributed by atoms with Crippen LogP contribution >= 0.6 is 0 Å². The molecule has 4 aliphatic carbocycles. The summed E-state index contributed by atoms with van der Waals surface area (Å²) in [4.78, 5) is 0. The van der Waals surface area contributed by atoms with E-state index in [0.717, 1.165) is 32.1 Å². The van der Waals surface area contributed by atoms with Crippen molar-refractivity contribution in [1.29, 1.82) is 0 Å². The Hall–Kier alpha value is -1.06. The van der Waals surface area contributed by atoms with Crippen LogP contribution in [-0.2, 0) is 6.42 Å². The van der Waals surface area contributed by atoms with Crippen LogP contribution in [0.5, 0.6) is 5.75 Å². The molecule has 160 valence electrons. The third-order valence-corrected chi connectivity index (χ3v) is 9.71. The maximum atomic E-state index is 12.0. The Morgan fingerprint density at radius 2 is 1.97 bits per heavy atom. The van der Waals surface area contributed by atoms with Crippen molar-refractivity contribution in [2.75, 3.05) is 0 Å². The third-order valence-electron chi connectivity index (χ3n) is 9.71. The number of hydrogen-bond acceptors (Lipinski definition) is 3. The molecule has 3 saturated carbocycles. The maximum absolute atomic E-state index is 12.0. The van der Waals surface area contributed by atoms with Gasteiger partial charge >= 0.3 is 0 Å². The van der Waals surface area contributed by atoms with Crippen molar-refractivity contribution in [2.24, 2.45) is 29.1 Å². The van der Waals surface area contributed by atoms with Gasteiger partial charge in [0.2, 0.25) is 0 Å². The van der Waals surface area contributed by atoms with Gasteiger partial charge in [0, 0.05) is 0 Å². The SMILES string of the molecule is CC(C)(O)CCC[C@H]1C[C@@H]2C[C@H]3[C@@H]4CCc5cc(O)ccc5[C@H]4CC[C@]3(C)[C@@]21O. The van der Waals surface area contributed by atoms with Gasteiger partial charge in [-0.2, -0.15) is 0 Å². The van der Waals surface area contributed by atoms with Crippen molar-refractivity contribution < 1.29 is 15.3 Å². The van der Waals surface area contributed by atoms with Crippen LogP contribution < -0.4 is 0 Å². The fourth-order valence-corrected chi connectivity index (χ4v) is 8.33. The molecule has 0 heterocycles. The van der Waals surface area contributed by atoms with E-state index in [0.29, 0.717) is 35.3 Å². The summed E-state index contributed by atoms with van der Waals surface area (Å²) in [5, 5.41) is 32.0. The quantitative estimate of drug-likeness (QED) is 0.656. The van der Waals surface area contributed by atoms with Crippen LogP contribution in [0.25, 0.3) is 0 Å². The molecule has 0 aliphatic heterocycles. The fourth-order valence-electron chi connectivity index (χ4n) is 8.33. The topological polar surface area (TPSA) is 60.7 Å². The molecular weight excluding hydrogens is 360 g/mol. The van der Waals surface area contributed by atoms with Gasteiger partial charge in [-0.15, -0.1) is 0 Å². The monoisotopic (exact) mass is 398 g/mol. The minimum absolute atomic E-state index is 0.0465. The van der Waals surface area contributed by atoms with E-state index in [4.69, 9.17) is 0 Å². The Bertz CT molecular complexity index is 796. The van der Waals surface area contributed by atoms with Crippen molar-refractivity contribution in [3.63, 3.8) is 0 Å². The van der Waals surface area contributed by atoms with E-state index in [1.165, 1.54) is 36.8 Å². The highest BCUT2D eigenvalue weighted by molar-refractivity contribution is 5.40. The second kappa shape index (κ2) is 6.47. The van der Waals surface area contributed by atoms with Crippen LogP contribution in [0.1, 0.15) is 89.2 Å². The van der Waals surface area contributed by atoms with Gasteiger partial charge in [0.1, 0.15) is 5.75 Å².